The topological polar surface area (TPSA) is 30.5 Å². The van der Waals surface area contributed by atoms with Crippen LogP contribution in [0.25, 0.3) is 0 Å². The van der Waals surface area contributed by atoms with Gasteiger partial charge in [0, 0.05) is 11.7 Å². The summed E-state index contributed by atoms with van der Waals surface area (Å²) < 4.78 is 23.8. The van der Waals surface area contributed by atoms with Gasteiger partial charge in [-0.3, -0.25) is 0 Å². The molecular weight excluding hydrogens is 281 g/mol. The normalized spacial score (nSPS) is 14.2. The maximum Gasteiger partial charge on any atom is 0.231 e. The molecule has 0 aromatic heterocycles. The fourth-order valence-electron chi connectivity index (χ4n) is 2.10. The number of hydrogen-bond acceptors (Lipinski definition) is 3. The summed E-state index contributed by atoms with van der Waals surface area (Å²) in [5.41, 5.74) is 1.82. The Labute approximate surface area is 121 Å². The quantitative estimate of drug-likeness (QED) is 0.911. The van der Waals surface area contributed by atoms with Crippen LogP contribution >= 0.6 is 11.6 Å². The fraction of sp³-hybridized carbons (Fsp3) is 0.200. The molecule has 1 aliphatic heterocycles. The highest BCUT2D eigenvalue weighted by Gasteiger charge is 2.15. The van der Waals surface area contributed by atoms with Gasteiger partial charge in [-0.15, -0.1) is 0 Å². The first kappa shape index (κ1) is 13.1. The lowest BCUT2D eigenvalue weighted by atomic mass is 10.1. The van der Waals surface area contributed by atoms with Gasteiger partial charge >= 0.3 is 0 Å². The molecule has 3 nitrogen and oxygen atoms in total. The number of fused-ring (bicyclic) bond motifs is 1. The van der Waals surface area contributed by atoms with E-state index in [9.17, 15) is 4.39 Å². The van der Waals surface area contributed by atoms with E-state index in [1.54, 1.807) is 12.1 Å². The molecule has 0 saturated carbocycles. The predicted octanol–water partition coefficient (Wildman–Crippen LogP) is 4.38. The maximum atomic E-state index is 13.1. The zero-order valence-electron chi connectivity index (χ0n) is 10.8. The fourth-order valence-corrected chi connectivity index (χ4v) is 2.28. The van der Waals surface area contributed by atoms with Crippen LogP contribution in [0.1, 0.15) is 18.5 Å². The van der Waals surface area contributed by atoms with Crippen molar-refractivity contribution in [1.82, 2.24) is 0 Å². The average molecular weight is 294 g/mol. The Kier molecular flexibility index (Phi) is 3.40. The molecule has 1 aliphatic rings. The van der Waals surface area contributed by atoms with Gasteiger partial charge in [0.25, 0.3) is 0 Å². The van der Waals surface area contributed by atoms with Gasteiger partial charge in [0.05, 0.1) is 5.02 Å². The second-order valence-corrected chi connectivity index (χ2v) is 5.01. The number of ether oxygens (including phenoxy) is 2. The largest absolute Gasteiger partial charge is 0.454 e. The molecule has 104 valence electrons. The van der Waals surface area contributed by atoms with Crippen LogP contribution in [-0.4, -0.2) is 6.79 Å². The van der Waals surface area contributed by atoms with Crippen LogP contribution in [-0.2, 0) is 0 Å². The van der Waals surface area contributed by atoms with Crippen LogP contribution in [0.3, 0.4) is 0 Å². The standard InChI is InChI=1S/C15H13ClFNO2/c1-9(18-11-3-4-13(17)12(16)7-11)10-2-5-14-15(6-10)20-8-19-14/h2-7,9,18H,8H2,1H3. The smallest absolute Gasteiger partial charge is 0.231 e. The Morgan fingerprint density at radius 2 is 1.95 bits per heavy atom. The molecule has 5 heteroatoms. The van der Waals surface area contributed by atoms with Gasteiger partial charge in [-0.25, -0.2) is 4.39 Å². The average Bonchev–Trinajstić information content (AvgIpc) is 2.90. The molecule has 0 amide bonds. The summed E-state index contributed by atoms with van der Waals surface area (Å²) >= 11 is 5.77. The molecule has 1 atom stereocenters. The SMILES string of the molecule is CC(Nc1ccc(F)c(Cl)c1)c1ccc2c(c1)OCO2. The van der Waals surface area contributed by atoms with E-state index in [4.69, 9.17) is 21.1 Å². The van der Waals surface area contributed by atoms with E-state index in [1.807, 2.05) is 25.1 Å². The Morgan fingerprint density at radius 1 is 1.15 bits per heavy atom. The van der Waals surface area contributed by atoms with Crippen molar-refractivity contribution in [3.8, 4) is 11.5 Å². The minimum Gasteiger partial charge on any atom is -0.454 e. The first-order valence-corrected chi connectivity index (χ1v) is 6.62. The van der Waals surface area contributed by atoms with E-state index >= 15 is 0 Å². The van der Waals surface area contributed by atoms with Crippen LogP contribution in [0, 0.1) is 5.82 Å². The molecule has 0 saturated heterocycles. The van der Waals surface area contributed by atoms with E-state index in [2.05, 4.69) is 5.32 Å². The predicted molar refractivity (Wildman–Crippen MR) is 76.0 cm³/mol. The first-order chi connectivity index (χ1) is 9.63. The van der Waals surface area contributed by atoms with E-state index in [1.165, 1.54) is 6.07 Å². The molecule has 0 radical (unpaired) electrons. The monoisotopic (exact) mass is 293 g/mol. The lowest BCUT2D eigenvalue weighted by Crippen LogP contribution is -2.06. The Hall–Kier alpha value is -1.94. The molecule has 1 N–H and O–H groups in total. The van der Waals surface area contributed by atoms with Gasteiger partial charge in [0.1, 0.15) is 5.82 Å². The van der Waals surface area contributed by atoms with Gasteiger partial charge in [-0.2, -0.15) is 0 Å². The summed E-state index contributed by atoms with van der Waals surface area (Å²) in [6, 6.07) is 10.4. The highest BCUT2D eigenvalue weighted by Crippen LogP contribution is 2.35. The van der Waals surface area contributed by atoms with Crippen LogP contribution in [0.5, 0.6) is 11.5 Å². The summed E-state index contributed by atoms with van der Waals surface area (Å²) in [5, 5.41) is 3.37. The number of rotatable bonds is 3. The van der Waals surface area contributed by atoms with Crippen LogP contribution < -0.4 is 14.8 Å². The number of anilines is 1. The zero-order chi connectivity index (χ0) is 14.1. The lowest BCUT2D eigenvalue weighted by molar-refractivity contribution is 0.174. The Bertz CT molecular complexity index is 648. The molecule has 1 heterocycles. The second-order valence-electron chi connectivity index (χ2n) is 4.61. The van der Waals surface area contributed by atoms with E-state index < -0.39 is 5.82 Å². The third kappa shape index (κ3) is 2.51. The van der Waals surface area contributed by atoms with Gasteiger partial charge in [0.2, 0.25) is 6.79 Å². The van der Waals surface area contributed by atoms with Crippen molar-refractivity contribution in [2.24, 2.45) is 0 Å². The summed E-state index contributed by atoms with van der Waals surface area (Å²) in [6.07, 6.45) is 0. The van der Waals surface area contributed by atoms with Crippen LogP contribution in [0.15, 0.2) is 36.4 Å². The molecule has 2 aromatic carbocycles. The van der Waals surface area contributed by atoms with Gasteiger partial charge in [-0.1, -0.05) is 17.7 Å². The van der Waals surface area contributed by atoms with Crippen molar-refractivity contribution in [2.75, 3.05) is 12.1 Å². The van der Waals surface area contributed by atoms with Crippen molar-refractivity contribution in [3.05, 3.63) is 52.8 Å². The molecule has 0 spiro atoms. The van der Waals surface area contributed by atoms with Crippen molar-refractivity contribution < 1.29 is 13.9 Å². The van der Waals surface area contributed by atoms with Crippen molar-refractivity contribution in [1.29, 1.82) is 0 Å². The molecular formula is C15H13ClFNO2. The Balaban J connectivity index is 1.78. The number of nitrogens with one attached hydrogen (secondary N) is 1. The number of hydrogen-bond donors (Lipinski definition) is 1. The molecule has 0 aliphatic carbocycles. The number of benzene rings is 2. The van der Waals surface area contributed by atoms with Crippen LogP contribution in [0.2, 0.25) is 5.02 Å². The molecule has 0 bridgehead atoms. The van der Waals surface area contributed by atoms with E-state index in [0.29, 0.717) is 0 Å². The third-order valence-electron chi connectivity index (χ3n) is 3.20. The summed E-state index contributed by atoms with van der Waals surface area (Å²) in [4.78, 5) is 0. The minimum absolute atomic E-state index is 0.0334. The highest BCUT2D eigenvalue weighted by atomic mass is 35.5. The molecule has 20 heavy (non-hydrogen) atoms. The van der Waals surface area contributed by atoms with Gasteiger partial charge in [-0.05, 0) is 42.8 Å². The second kappa shape index (κ2) is 5.21. The van der Waals surface area contributed by atoms with Gasteiger partial charge in [0.15, 0.2) is 11.5 Å². The van der Waals surface area contributed by atoms with Crippen molar-refractivity contribution in [3.63, 3.8) is 0 Å². The molecule has 2 aromatic rings. The lowest BCUT2D eigenvalue weighted by Gasteiger charge is -2.16. The summed E-state index contributed by atoms with van der Waals surface area (Å²) in [5.74, 6) is 1.08. The Morgan fingerprint density at radius 3 is 2.75 bits per heavy atom. The summed E-state index contributed by atoms with van der Waals surface area (Å²) in [6.45, 7) is 2.27. The molecule has 3 rings (SSSR count). The van der Waals surface area contributed by atoms with Gasteiger partial charge < -0.3 is 14.8 Å². The zero-order valence-corrected chi connectivity index (χ0v) is 11.6. The molecule has 0 fully saturated rings. The van der Waals surface area contributed by atoms with E-state index in [0.717, 1.165) is 22.7 Å². The van der Waals surface area contributed by atoms with E-state index in [-0.39, 0.29) is 17.9 Å². The van der Waals surface area contributed by atoms with Crippen molar-refractivity contribution >= 4 is 17.3 Å². The minimum atomic E-state index is -0.423. The van der Waals surface area contributed by atoms with Crippen LogP contribution in [0.4, 0.5) is 10.1 Å². The third-order valence-corrected chi connectivity index (χ3v) is 3.49. The van der Waals surface area contributed by atoms with Crippen molar-refractivity contribution in [2.45, 2.75) is 13.0 Å². The number of halogens is 2. The first-order valence-electron chi connectivity index (χ1n) is 6.24. The summed E-state index contributed by atoms with van der Waals surface area (Å²) in [7, 11) is 0. The molecule has 1 unspecified atom stereocenters. The maximum absolute atomic E-state index is 13.1. The highest BCUT2D eigenvalue weighted by molar-refractivity contribution is 6.31.